The monoisotopic (exact) mass is 272 g/mol. The van der Waals surface area contributed by atoms with Crippen molar-refractivity contribution in [3.8, 4) is 5.75 Å². The lowest BCUT2D eigenvalue weighted by atomic mass is 10.1. The molecule has 18 heavy (non-hydrogen) atoms. The highest BCUT2D eigenvalue weighted by atomic mass is 35.5. The second kappa shape index (κ2) is 8.78. The molecule has 1 aromatic rings. The molecular weight excluding hydrogens is 252 g/mol. The number of carbonyl (C=O) groups excluding carboxylic acids is 1. The van der Waals surface area contributed by atoms with Crippen molar-refractivity contribution in [1.29, 1.82) is 0 Å². The Morgan fingerprint density at radius 2 is 1.94 bits per heavy atom. The number of amides is 1. The van der Waals surface area contributed by atoms with E-state index in [1.54, 1.807) is 7.11 Å². The molecule has 102 valence electrons. The van der Waals surface area contributed by atoms with Crippen LogP contribution in [0.3, 0.4) is 0 Å². The second-order valence-electron chi connectivity index (χ2n) is 4.02. The summed E-state index contributed by atoms with van der Waals surface area (Å²) in [7, 11) is 3.48. The van der Waals surface area contributed by atoms with Gasteiger partial charge in [-0.2, -0.15) is 0 Å². The zero-order valence-corrected chi connectivity index (χ0v) is 11.8. The Morgan fingerprint density at radius 1 is 1.33 bits per heavy atom. The molecule has 0 aliphatic heterocycles. The maximum absolute atomic E-state index is 11.7. The van der Waals surface area contributed by atoms with Crippen LogP contribution in [0.4, 0.5) is 0 Å². The van der Waals surface area contributed by atoms with Crippen LogP contribution in [0.15, 0.2) is 24.3 Å². The number of carbonyl (C=O) groups is 1. The summed E-state index contributed by atoms with van der Waals surface area (Å²) in [5.41, 5.74) is 1.07. The maximum atomic E-state index is 11.7. The molecule has 1 unspecified atom stereocenters. The Bertz CT molecular complexity index is 355. The van der Waals surface area contributed by atoms with Crippen LogP contribution in [0.1, 0.15) is 12.5 Å². The molecule has 0 bridgehead atoms. The van der Waals surface area contributed by atoms with Gasteiger partial charge >= 0.3 is 0 Å². The number of hydrogen-bond donors (Lipinski definition) is 2. The minimum atomic E-state index is -0.0155. The fraction of sp³-hybridized carbons (Fsp3) is 0.462. The summed E-state index contributed by atoms with van der Waals surface area (Å²) < 4.78 is 5.07. The average Bonchev–Trinajstić information content (AvgIpc) is 2.36. The van der Waals surface area contributed by atoms with Crippen molar-refractivity contribution >= 4 is 18.3 Å². The number of benzene rings is 1. The number of methoxy groups -OCH3 is 1. The number of halogens is 1. The van der Waals surface area contributed by atoms with Crippen LogP contribution in [-0.4, -0.2) is 26.6 Å². The highest BCUT2D eigenvalue weighted by Gasteiger charge is 2.10. The molecule has 0 fully saturated rings. The summed E-state index contributed by atoms with van der Waals surface area (Å²) in [6.45, 7) is 3.14. The van der Waals surface area contributed by atoms with Gasteiger partial charge in [-0.25, -0.2) is 0 Å². The molecule has 0 aliphatic carbocycles. The normalized spacial score (nSPS) is 11.3. The Labute approximate surface area is 115 Å². The van der Waals surface area contributed by atoms with Crippen molar-refractivity contribution in [3.05, 3.63) is 29.8 Å². The molecule has 0 spiro atoms. The van der Waals surface area contributed by atoms with E-state index in [2.05, 4.69) is 10.6 Å². The van der Waals surface area contributed by atoms with E-state index >= 15 is 0 Å². The maximum Gasteiger partial charge on any atom is 0.224 e. The zero-order valence-electron chi connectivity index (χ0n) is 11.0. The second-order valence-corrected chi connectivity index (χ2v) is 4.02. The van der Waals surface area contributed by atoms with Gasteiger partial charge in [-0.3, -0.25) is 4.79 Å². The molecule has 1 rings (SSSR count). The van der Waals surface area contributed by atoms with Gasteiger partial charge in [-0.15, -0.1) is 12.4 Å². The summed E-state index contributed by atoms with van der Waals surface area (Å²) in [5.74, 6) is 0.872. The number of hydrogen-bond acceptors (Lipinski definition) is 3. The van der Waals surface area contributed by atoms with Gasteiger partial charge in [0.1, 0.15) is 5.75 Å². The van der Waals surface area contributed by atoms with E-state index in [-0.39, 0.29) is 24.2 Å². The molecule has 0 heterocycles. The van der Waals surface area contributed by atoms with Crippen molar-refractivity contribution in [3.63, 3.8) is 0 Å². The van der Waals surface area contributed by atoms with Crippen LogP contribution < -0.4 is 15.4 Å². The van der Waals surface area contributed by atoms with Gasteiger partial charge in [-0.1, -0.05) is 19.1 Å². The highest BCUT2D eigenvalue weighted by molar-refractivity contribution is 5.85. The van der Waals surface area contributed by atoms with Crippen LogP contribution in [-0.2, 0) is 11.3 Å². The zero-order chi connectivity index (χ0) is 12.7. The van der Waals surface area contributed by atoms with Crippen molar-refractivity contribution < 1.29 is 9.53 Å². The third-order valence-corrected chi connectivity index (χ3v) is 2.58. The number of ether oxygens (including phenoxy) is 1. The summed E-state index contributed by atoms with van der Waals surface area (Å²) in [6.07, 6.45) is 0. The first-order valence-electron chi connectivity index (χ1n) is 5.72. The number of rotatable bonds is 6. The Kier molecular flexibility index (Phi) is 8.16. The van der Waals surface area contributed by atoms with Crippen molar-refractivity contribution in [2.75, 3.05) is 20.7 Å². The highest BCUT2D eigenvalue weighted by Crippen LogP contribution is 2.11. The van der Waals surface area contributed by atoms with E-state index in [4.69, 9.17) is 4.74 Å². The molecule has 5 heteroatoms. The van der Waals surface area contributed by atoms with Crippen molar-refractivity contribution in [1.82, 2.24) is 10.6 Å². The Morgan fingerprint density at radius 3 is 2.44 bits per heavy atom. The van der Waals surface area contributed by atoms with Crippen LogP contribution in [0.2, 0.25) is 0 Å². The molecule has 0 aromatic heterocycles. The van der Waals surface area contributed by atoms with Crippen LogP contribution in [0, 0.1) is 5.92 Å². The van der Waals surface area contributed by atoms with E-state index < -0.39 is 0 Å². The van der Waals surface area contributed by atoms with Crippen molar-refractivity contribution in [2.24, 2.45) is 5.92 Å². The predicted octanol–water partition coefficient (Wildman–Crippen LogP) is 1.59. The number of nitrogens with one attached hydrogen (secondary N) is 2. The topological polar surface area (TPSA) is 50.4 Å². The van der Waals surface area contributed by atoms with Gasteiger partial charge in [0.25, 0.3) is 0 Å². The minimum Gasteiger partial charge on any atom is -0.497 e. The van der Waals surface area contributed by atoms with Crippen LogP contribution >= 0.6 is 12.4 Å². The molecule has 1 atom stereocenters. The SMILES string of the molecule is CNCC(C)C(=O)NCc1ccc(OC)cc1.Cl. The molecule has 0 saturated heterocycles. The third kappa shape index (κ3) is 5.38. The lowest BCUT2D eigenvalue weighted by molar-refractivity contribution is -0.124. The van der Waals surface area contributed by atoms with Gasteiger partial charge in [0.05, 0.1) is 7.11 Å². The average molecular weight is 273 g/mol. The van der Waals surface area contributed by atoms with Crippen LogP contribution in [0.25, 0.3) is 0 Å². The van der Waals surface area contributed by atoms with E-state index in [9.17, 15) is 4.79 Å². The van der Waals surface area contributed by atoms with E-state index in [1.165, 1.54) is 0 Å². The fourth-order valence-corrected chi connectivity index (χ4v) is 1.51. The smallest absolute Gasteiger partial charge is 0.224 e. The van der Waals surface area contributed by atoms with Gasteiger partial charge in [0, 0.05) is 19.0 Å². The first-order valence-corrected chi connectivity index (χ1v) is 5.72. The summed E-state index contributed by atoms with van der Waals surface area (Å²) >= 11 is 0. The first-order chi connectivity index (χ1) is 8.17. The molecule has 1 amide bonds. The molecule has 4 nitrogen and oxygen atoms in total. The lowest BCUT2D eigenvalue weighted by Gasteiger charge is -2.11. The summed E-state index contributed by atoms with van der Waals surface area (Å²) in [6, 6.07) is 7.67. The van der Waals surface area contributed by atoms with E-state index in [0.717, 1.165) is 11.3 Å². The third-order valence-electron chi connectivity index (χ3n) is 2.58. The Hall–Kier alpha value is -1.26. The molecule has 2 N–H and O–H groups in total. The van der Waals surface area contributed by atoms with Gasteiger partial charge in [0.2, 0.25) is 5.91 Å². The lowest BCUT2D eigenvalue weighted by Crippen LogP contribution is -2.33. The fourth-order valence-electron chi connectivity index (χ4n) is 1.51. The molecule has 0 saturated carbocycles. The van der Waals surface area contributed by atoms with Crippen molar-refractivity contribution in [2.45, 2.75) is 13.5 Å². The Balaban J connectivity index is 0.00000289. The largest absolute Gasteiger partial charge is 0.497 e. The van der Waals surface area contributed by atoms with Gasteiger partial charge < -0.3 is 15.4 Å². The molecular formula is C13H21ClN2O2. The van der Waals surface area contributed by atoms with E-state index in [1.807, 2.05) is 38.2 Å². The molecule has 1 aromatic carbocycles. The first kappa shape index (κ1) is 16.7. The van der Waals surface area contributed by atoms with E-state index in [0.29, 0.717) is 13.1 Å². The van der Waals surface area contributed by atoms with Crippen LogP contribution in [0.5, 0.6) is 5.75 Å². The minimum absolute atomic E-state index is 0. The van der Waals surface area contributed by atoms with Gasteiger partial charge in [-0.05, 0) is 24.7 Å². The molecule has 0 aliphatic rings. The predicted molar refractivity (Wildman–Crippen MR) is 75.2 cm³/mol. The molecule has 0 radical (unpaired) electrons. The summed E-state index contributed by atoms with van der Waals surface area (Å²) in [5, 5.41) is 5.89. The standard InChI is InChI=1S/C13H20N2O2.ClH/c1-10(8-14-2)13(16)15-9-11-4-6-12(17-3)7-5-11;/h4-7,10,14H,8-9H2,1-3H3,(H,15,16);1H. The quantitative estimate of drug-likeness (QED) is 0.827. The van der Waals surface area contributed by atoms with Gasteiger partial charge in [0.15, 0.2) is 0 Å². The summed E-state index contributed by atoms with van der Waals surface area (Å²) in [4.78, 5) is 11.7.